The number of ketones is 1. The molecule has 42 heavy (non-hydrogen) atoms. The molecule has 0 bridgehead atoms. The molecule has 0 saturated heterocycles. The summed E-state index contributed by atoms with van der Waals surface area (Å²) in [5.41, 5.74) is 3.07. The van der Waals surface area contributed by atoms with Crippen LogP contribution in [-0.4, -0.2) is 33.6 Å². The van der Waals surface area contributed by atoms with E-state index in [1.54, 1.807) is 38.1 Å². The third-order valence-electron chi connectivity index (χ3n) is 6.23. The summed E-state index contributed by atoms with van der Waals surface area (Å²) < 4.78 is 37.5. The molecular weight excluding hydrogens is 554 g/mol. The molecule has 0 atom stereocenters. The van der Waals surface area contributed by atoms with Crippen LogP contribution >= 0.6 is 0 Å². The Morgan fingerprint density at radius 3 is 1.76 bits per heavy atom. The Morgan fingerprint density at radius 2 is 1.26 bits per heavy atom. The Kier molecular flexibility index (Phi) is 9.49. The molecule has 4 aromatic rings. The van der Waals surface area contributed by atoms with E-state index in [1.807, 2.05) is 60.7 Å². The Bertz CT molecular complexity index is 1620. The number of urea groups is 1. The lowest BCUT2D eigenvalue weighted by Crippen LogP contribution is -2.20. The van der Waals surface area contributed by atoms with E-state index < -0.39 is 22.2 Å². The van der Waals surface area contributed by atoms with Crippen LogP contribution in [0.15, 0.2) is 97.1 Å². The molecule has 2 amide bonds. The Morgan fingerprint density at radius 1 is 0.738 bits per heavy atom. The maximum absolute atomic E-state index is 13.3. The van der Waals surface area contributed by atoms with E-state index >= 15 is 0 Å². The number of sulfonamides is 1. The Balaban J connectivity index is 1.60. The van der Waals surface area contributed by atoms with E-state index in [2.05, 4.69) is 15.4 Å². The monoisotopic (exact) mass is 587 g/mol. The summed E-state index contributed by atoms with van der Waals surface area (Å²) in [5, 5.41) is 5.41. The maximum atomic E-state index is 13.3. The molecule has 9 nitrogen and oxygen atoms in total. The number of hydrogen-bond donors (Lipinski definition) is 3. The van der Waals surface area contributed by atoms with Crippen molar-refractivity contribution in [3.8, 4) is 11.5 Å². The number of Topliss-reactive ketones (excluding diaryl/α,β-unsaturated/α-hetero) is 1. The van der Waals surface area contributed by atoms with Gasteiger partial charge in [0, 0.05) is 17.3 Å². The van der Waals surface area contributed by atoms with E-state index in [9.17, 15) is 18.0 Å². The van der Waals surface area contributed by atoms with Gasteiger partial charge in [-0.3, -0.25) is 9.52 Å². The molecule has 3 N–H and O–H groups in total. The topological polar surface area (TPSA) is 123 Å². The largest absolute Gasteiger partial charge is 0.495 e. The number of anilines is 3. The minimum absolute atomic E-state index is 0.138. The average molecular weight is 588 g/mol. The fourth-order valence-corrected chi connectivity index (χ4v) is 4.84. The van der Waals surface area contributed by atoms with Crippen LogP contribution in [0, 0.1) is 5.92 Å². The third kappa shape index (κ3) is 7.88. The van der Waals surface area contributed by atoms with E-state index in [4.69, 9.17) is 9.47 Å². The first-order valence-corrected chi connectivity index (χ1v) is 15.1. The van der Waals surface area contributed by atoms with Gasteiger partial charge in [-0.2, -0.15) is 0 Å². The fourth-order valence-electron chi connectivity index (χ4n) is 4.28. The maximum Gasteiger partial charge on any atom is 0.323 e. The van der Waals surface area contributed by atoms with Gasteiger partial charge in [-0.05, 0) is 47.5 Å². The molecule has 0 radical (unpaired) electrons. The standard InChI is InChI=1S/C32H33N3O6S/c1-21(2)30(36)26-19-24(33-32(37)34-25-16-18-29(40-3)27(20-25)35-42(4,38)39)15-17-28(26)41-31(22-11-7-5-8-12-22)23-13-9-6-10-14-23/h5-21,31,35H,1-4H3,(H2,33,34,37). The van der Waals surface area contributed by atoms with Crippen LogP contribution in [0.1, 0.15) is 41.4 Å². The van der Waals surface area contributed by atoms with Crippen LogP contribution in [0.5, 0.6) is 11.5 Å². The highest BCUT2D eigenvalue weighted by Crippen LogP contribution is 2.33. The third-order valence-corrected chi connectivity index (χ3v) is 6.82. The van der Waals surface area contributed by atoms with Crippen LogP contribution in [0.25, 0.3) is 0 Å². The van der Waals surface area contributed by atoms with Crippen LogP contribution in [-0.2, 0) is 10.0 Å². The lowest BCUT2D eigenvalue weighted by molar-refractivity contribution is 0.0933. The zero-order valence-electron chi connectivity index (χ0n) is 23.8. The van der Waals surface area contributed by atoms with Crippen molar-refractivity contribution in [2.24, 2.45) is 5.92 Å². The SMILES string of the molecule is COc1ccc(NC(=O)Nc2ccc(OC(c3ccccc3)c3ccccc3)c(C(=O)C(C)C)c2)cc1NS(C)(=O)=O. The quantitative estimate of drug-likeness (QED) is 0.168. The minimum atomic E-state index is -3.57. The molecule has 0 spiro atoms. The first-order chi connectivity index (χ1) is 20.0. The van der Waals surface area contributed by atoms with Crippen molar-refractivity contribution in [3.63, 3.8) is 0 Å². The summed E-state index contributed by atoms with van der Waals surface area (Å²) in [7, 11) is -2.16. The molecule has 218 valence electrons. The van der Waals surface area contributed by atoms with Gasteiger partial charge in [-0.15, -0.1) is 0 Å². The number of carbonyl (C=O) groups excluding carboxylic acids is 2. The van der Waals surface area contributed by atoms with Crippen LogP contribution in [0.3, 0.4) is 0 Å². The van der Waals surface area contributed by atoms with Crippen molar-refractivity contribution >= 4 is 38.9 Å². The molecule has 0 aromatic heterocycles. The second-order valence-corrected chi connectivity index (χ2v) is 11.7. The lowest BCUT2D eigenvalue weighted by Gasteiger charge is -2.23. The average Bonchev–Trinajstić information content (AvgIpc) is 2.96. The van der Waals surface area contributed by atoms with Gasteiger partial charge >= 0.3 is 6.03 Å². The predicted molar refractivity (Wildman–Crippen MR) is 165 cm³/mol. The highest BCUT2D eigenvalue weighted by Gasteiger charge is 2.22. The van der Waals surface area contributed by atoms with Gasteiger partial charge in [0.1, 0.15) is 17.6 Å². The van der Waals surface area contributed by atoms with Crippen molar-refractivity contribution in [1.29, 1.82) is 0 Å². The number of rotatable bonds is 11. The molecule has 0 aliphatic rings. The van der Waals surface area contributed by atoms with Crippen LogP contribution in [0.4, 0.5) is 21.9 Å². The summed E-state index contributed by atoms with van der Waals surface area (Å²) in [6.45, 7) is 3.60. The van der Waals surface area contributed by atoms with Crippen molar-refractivity contribution in [2.45, 2.75) is 20.0 Å². The summed E-state index contributed by atoms with van der Waals surface area (Å²) in [5.74, 6) is 0.232. The fraction of sp³-hybridized carbons (Fsp3) is 0.188. The van der Waals surface area contributed by atoms with E-state index in [0.717, 1.165) is 17.4 Å². The van der Waals surface area contributed by atoms with Crippen molar-refractivity contribution in [3.05, 3.63) is 114 Å². The predicted octanol–water partition coefficient (Wildman–Crippen LogP) is 6.72. The van der Waals surface area contributed by atoms with Gasteiger partial charge in [0.05, 0.1) is 24.6 Å². The Labute approximate surface area is 245 Å². The molecule has 0 heterocycles. The first kappa shape index (κ1) is 30.1. The van der Waals surface area contributed by atoms with Gasteiger partial charge in [0.25, 0.3) is 0 Å². The summed E-state index contributed by atoms with van der Waals surface area (Å²) >= 11 is 0. The highest BCUT2D eigenvalue weighted by molar-refractivity contribution is 7.92. The normalized spacial score (nSPS) is 11.2. The zero-order valence-corrected chi connectivity index (χ0v) is 24.6. The van der Waals surface area contributed by atoms with Crippen molar-refractivity contribution in [2.75, 3.05) is 28.7 Å². The van der Waals surface area contributed by atoms with Crippen LogP contribution < -0.4 is 24.8 Å². The number of carbonyl (C=O) groups is 2. The highest BCUT2D eigenvalue weighted by atomic mass is 32.2. The summed E-state index contributed by atoms with van der Waals surface area (Å²) in [4.78, 5) is 26.2. The van der Waals surface area contributed by atoms with E-state index in [-0.39, 0.29) is 17.4 Å². The van der Waals surface area contributed by atoms with Gasteiger partial charge < -0.3 is 20.1 Å². The van der Waals surface area contributed by atoms with Gasteiger partial charge in [0.15, 0.2) is 5.78 Å². The summed E-state index contributed by atoms with van der Waals surface area (Å²) in [6.07, 6.45) is 0.558. The number of nitrogens with one attached hydrogen (secondary N) is 3. The lowest BCUT2D eigenvalue weighted by atomic mass is 9.98. The molecule has 0 saturated carbocycles. The van der Waals surface area contributed by atoms with Gasteiger partial charge in [0.2, 0.25) is 10.0 Å². The first-order valence-electron chi connectivity index (χ1n) is 13.2. The summed E-state index contributed by atoms with van der Waals surface area (Å²) in [6, 6.07) is 28.4. The molecule has 0 aliphatic heterocycles. The molecular formula is C32H33N3O6S. The number of ether oxygens (including phenoxy) is 2. The second-order valence-electron chi connectivity index (χ2n) is 9.92. The number of benzene rings is 4. The molecule has 10 heteroatoms. The number of hydrogen-bond acceptors (Lipinski definition) is 6. The van der Waals surface area contributed by atoms with E-state index in [0.29, 0.717) is 28.4 Å². The smallest absolute Gasteiger partial charge is 0.323 e. The van der Waals surface area contributed by atoms with Crippen LogP contribution in [0.2, 0.25) is 0 Å². The zero-order chi connectivity index (χ0) is 30.3. The van der Waals surface area contributed by atoms with Gasteiger partial charge in [-0.1, -0.05) is 74.5 Å². The molecule has 0 fully saturated rings. The molecule has 4 aromatic carbocycles. The number of methoxy groups -OCH3 is 1. The van der Waals surface area contributed by atoms with Crippen molar-refractivity contribution in [1.82, 2.24) is 0 Å². The molecule has 4 rings (SSSR count). The minimum Gasteiger partial charge on any atom is -0.495 e. The molecule has 0 aliphatic carbocycles. The molecule has 0 unspecified atom stereocenters. The van der Waals surface area contributed by atoms with E-state index in [1.165, 1.54) is 19.2 Å². The second kappa shape index (κ2) is 13.2. The Hall–Kier alpha value is -4.83. The van der Waals surface area contributed by atoms with Crippen molar-refractivity contribution < 1.29 is 27.5 Å². The van der Waals surface area contributed by atoms with Gasteiger partial charge in [-0.25, -0.2) is 13.2 Å². The number of amides is 2.